The third-order valence-corrected chi connectivity index (χ3v) is 4.40. The Morgan fingerprint density at radius 1 is 1.30 bits per heavy atom. The molecule has 0 atom stereocenters. The summed E-state index contributed by atoms with van der Waals surface area (Å²) in [6, 6.07) is 7.32. The van der Waals surface area contributed by atoms with Gasteiger partial charge in [-0.15, -0.1) is 0 Å². The van der Waals surface area contributed by atoms with Gasteiger partial charge in [0.25, 0.3) is 5.91 Å². The normalized spacial score (nSPS) is 14.2. The molecule has 1 aliphatic rings. The lowest BCUT2D eigenvalue weighted by Crippen LogP contribution is -2.37. The lowest BCUT2D eigenvalue weighted by atomic mass is 9.99. The number of carbonyl (C=O) groups is 1. The van der Waals surface area contributed by atoms with Crippen LogP contribution in [0.2, 0.25) is 0 Å². The van der Waals surface area contributed by atoms with Gasteiger partial charge in [-0.25, -0.2) is 0 Å². The molecule has 1 aromatic heterocycles. The standard InChI is InChI=1S/C18H23N3O2/c1-4-21-17(10-16(19-21)12(2)3)18(23)20-8-7-13-5-6-15(22)9-14(13)11-20/h5-6,9-10,12,22H,4,7-8,11H2,1-3H3. The SMILES string of the molecule is CCn1nc(C(C)C)cc1C(=O)N1CCc2ccc(O)cc2C1. The summed E-state index contributed by atoms with van der Waals surface area (Å²) in [4.78, 5) is 14.8. The van der Waals surface area contributed by atoms with E-state index in [-0.39, 0.29) is 11.7 Å². The van der Waals surface area contributed by atoms with Gasteiger partial charge in [-0.05, 0) is 48.6 Å². The topological polar surface area (TPSA) is 58.4 Å². The molecule has 0 unspecified atom stereocenters. The van der Waals surface area contributed by atoms with Crippen LogP contribution in [0.15, 0.2) is 24.3 Å². The number of amides is 1. The Bertz CT molecular complexity index is 734. The van der Waals surface area contributed by atoms with Gasteiger partial charge < -0.3 is 10.0 Å². The summed E-state index contributed by atoms with van der Waals surface area (Å²) in [6.07, 6.45) is 0.818. The molecule has 1 aliphatic heterocycles. The number of fused-ring (bicyclic) bond motifs is 1. The first kappa shape index (κ1) is 15.6. The Hall–Kier alpha value is -2.30. The fraction of sp³-hybridized carbons (Fsp3) is 0.444. The number of hydrogen-bond donors (Lipinski definition) is 1. The van der Waals surface area contributed by atoms with E-state index in [2.05, 4.69) is 18.9 Å². The highest BCUT2D eigenvalue weighted by Crippen LogP contribution is 2.25. The van der Waals surface area contributed by atoms with E-state index < -0.39 is 0 Å². The third-order valence-electron chi connectivity index (χ3n) is 4.40. The summed E-state index contributed by atoms with van der Waals surface area (Å²) in [5, 5.41) is 14.2. The molecular weight excluding hydrogens is 290 g/mol. The second-order valence-corrected chi connectivity index (χ2v) is 6.35. The molecule has 0 radical (unpaired) electrons. The van der Waals surface area contributed by atoms with E-state index in [9.17, 15) is 9.90 Å². The van der Waals surface area contributed by atoms with Gasteiger partial charge in [0.15, 0.2) is 0 Å². The molecule has 0 aliphatic carbocycles. The van der Waals surface area contributed by atoms with Crippen molar-refractivity contribution in [1.82, 2.24) is 14.7 Å². The number of hydrogen-bond acceptors (Lipinski definition) is 3. The van der Waals surface area contributed by atoms with Gasteiger partial charge in [-0.3, -0.25) is 9.48 Å². The van der Waals surface area contributed by atoms with E-state index in [1.807, 2.05) is 24.0 Å². The monoisotopic (exact) mass is 313 g/mol. The van der Waals surface area contributed by atoms with Gasteiger partial charge in [0.05, 0.1) is 5.69 Å². The number of benzene rings is 1. The van der Waals surface area contributed by atoms with Crippen LogP contribution in [-0.4, -0.2) is 32.2 Å². The van der Waals surface area contributed by atoms with Crippen molar-refractivity contribution in [1.29, 1.82) is 0 Å². The van der Waals surface area contributed by atoms with Crippen LogP contribution in [0.1, 0.15) is 54.0 Å². The van der Waals surface area contributed by atoms with Crippen LogP contribution >= 0.6 is 0 Å². The third kappa shape index (κ3) is 2.96. The van der Waals surface area contributed by atoms with E-state index in [1.165, 1.54) is 5.56 Å². The zero-order valence-corrected chi connectivity index (χ0v) is 13.9. The maximum atomic E-state index is 12.9. The number of rotatable bonds is 3. The molecule has 5 heteroatoms. The van der Waals surface area contributed by atoms with E-state index in [0.717, 1.165) is 17.7 Å². The molecule has 1 amide bonds. The smallest absolute Gasteiger partial charge is 0.272 e. The number of aromatic hydroxyl groups is 1. The largest absolute Gasteiger partial charge is 0.508 e. The minimum atomic E-state index is 0.0141. The fourth-order valence-corrected chi connectivity index (χ4v) is 3.01. The Morgan fingerprint density at radius 2 is 2.09 bits per heavy atom. The van der Waals surface area contributed by atoms with Crippen molar-refractivity contribution in [2.24, 2.45) is 0 Å². The highest BCUT2D eigenvalue weighted by molar-refractivity contribution is 5.93. The molecule has 2 aromatic rings. The highest BCUT2D eigenvalue weighted by atomic mass is 16.3. The van der Waals surface area contributed by atoms with Crippen LogP contribution in [0, 0.1) is 0 Å². The molecule has 3 rings (SSSR count). The van der Waals surface area contributed by atoms with Gasteiger partial charge in [0.1, 0.15) is 11.4 Å². The molecule has 0 saturated carbocycles. The predicted molar refractivity (Wildman–Crippen MR) is 88.5 cm³/mol. The van der Waals surface area contributed by atoms with Crippen molar-refractivity contribution in [3.05, 3.63) is 46.8 Å². The number of phenols is 1. The molecule has 0 spiro atoms. The molecule has 2 heterocycles. The van der Waals surface area contributed by atoms with E-state index >= 15 is 0 Å². The van der Waals surface area contributed by atoms with Gasteiger partial charge in [0.2, 0.25) is 0 Å². The Balaban J connectivity index is 1.87. The number of nitrogens with zero attached hydrogens (tertiary/aromatic N) is 3. The van der Waals surface area contributed by atoms with Crippen molar-refractivity contribution < 1.29 is 9.90 Å². The molecule has 0 saturated heterocycles. The maximum absolute atomic E-state index is 12.9. The van der Waals surface area contributed by atoms with Crippen LogP contribution in [0.3, 0.4) is 0 Å². The first-order valence-electron chi connectivity index (χ1n) is 8.17. The summed E-state index contributed by atoms with van der Waals surface area (Å²) in [5.74, 6) is 0.562. The fourth-order valence-electron chi connectivity index (χ4n) is 3.01. The quantitative estimate of drug-likeness (QED) is 0.948. The minimum Gasteiger partial charge on any atom is -0.508 e. The molecule has 0 fully saturated rings. The molecular formula is C18H23N3O2. The van der Waals surface area contributed by atoms with Crippen LogP contribution < -0.4 is 0 Å². The van der Waals surface area contributed by atoms with Crippen molar-refractivity contribution in [2.75, 3.05) is 6.54 Å². The predicted octanol–water partition coefficient (Wildman–Crippen LogP) is 2.93. The van der Waals surface area contributed by atoms with Crippen LogP contribution in [0.25, 0.3) is 0 Å². The number of phenolic OH excluding ortho intramolecular Hbond substituents is 1. The van der Waals surface area contributed by atoms with E-state index in [0.29, 0.717) is 31.2 Å². The Labute approximate surface area is 136 Å². The number of aromatic nitrogens is 2. The van der Waals surface area contributed by atoms with Crippen molar-refractivity contribution in [2.45, 2.75) is 46.2 Å². The van der Waals surface area contributed by atoms with Gasteiger partial charge in [0, 0.05) is 19.6 Å². The van der Waals surface area contributed by atoms with E-state index in [4.69, 9.17) is 0 Å². The summed E-state index contributed by atoms with van der Waals surface area (Å²) < 4.78 is 1.79. The molecule has 1 aromatic carbocycles. The number of aryl methyl sites for hydroxylation is 1. The zero-order chi connectivity index (χ0) is 16.6. The van der Waals surface area contributed by atoms with Crippen LogP contribution in [-0.2, 0) is 19.5 Å². The Kier molecular flexibility index (Phi) is 4.11. The average molecular weight is 313 g/mol. The van der Waals surface area contributed by atoms with Gasteiger partial charge >= 0.3 is 0 Å². The highest BCUT2D eigenvalue weighted by Gasteiger charge is 2.25. The Morgan fingerprint density at radius 3 is 2.78 bits per heavy atom. The lowest BCUT2D eigenvalue weighted by molar-refractivity contribution is 0.0722. The zero-order valence-electron chi connectivity index (χ0n) is 13.9. The molecule has 5 nitrogen and oxygen atoms in total. The van der Waals surface area contributed by atoms with E-state index in [1.54, 1.807) is 16.8 Å². The van der Waals surface area contributed by atoms with Crippen LogP contribution in [0.4, 0.5) is 0 Å². The molecule has 1 N–H and O–H groups in total. The van der Waals surface area contributed by atoms with Gasteiger partial charge in [-0.1, -0.05) is 19.9 Å². The van der Waals surface area contributed by atoms with Crippen molar-refractivity contribution in [3.63, 3.8) is 0 Å². The van der Waals surface area contributed by atoms with Crippen molar-refractivity contribution >= 4 is 5.91 Å². The summed E-state index contributed by atoms with van der Waals surface area (Å²) in [7, 11) is 0. The van der Waals surface area contributed by atoms with Gasteiger partial charge in [-0.2, -0.15) is 5.10 Å². The minimum absolute atomic E-state index is 0.0141. The summed E-state index contributed by atoms with van der Waals surface area (Å²) in [6.45, 7) is 8.07. The van der Waals surface area contributed by atoms with Crippen LogP contribution in [0.5, 0.6) is 5.75 Å². The lowest BCUT2D eigenvalue weighted by Gasteiger charge is -2.29. The number of carbonyl (C=O) groups excluding carboxylic acids is 1. The van der Waals surface area contributed by atoms with Crippen molar-refractivity contribution in [3.8, 4) is 5.75 Å². The molecule has 122 valence electrons. The first-order chi connectivity index (χ1) is 11.0. The molecule has 23 heavy (non-hydrogen) atoms. The maximum Gasteiger partial charge on any atom is 0.272 e. The summed E-state index contributed by atoms with van der Waals surface area (Å²) >= 11 is 0. The molecule has 0 bridgehead atoms. The average Bonchev–Trinajstić information content (AvgIpc) is 2.98. The first-order valence-corrected chi connectivity index (χ1v) is 8.17. The summed E-state index contributed by atoms with van der Waals surface area (Å²) in [5.41, 5.74) is 3.83. The second kappa shape index (κ2) is 6.07. The second-order valence-electron chi connectivity index (χ2n) is 6.35.